The van der Waals surface area contributed by atoms with E-state index in [0.29, 0.717) is 24.2 Å². The van der Waals surface area contributed by atoms with E-state index in [1.165, 1.54) is 12.8 Å². The van der Waals surface area contributed by atoms with Crippen LogP contribution in [-0.2, 0) is 17.3 Å². The lowest BCUT2D eigenvalue weighted by Crippen LogP contribution is -2.26. The Morgan fingerprint density at radius 2 is 2.25 bits per heavy atom. The topological polar surface area (TPSA) is 52.3 Å². The number of nitrogens with two attached hydrogens (primary N) is 1. The summed E-state index contributed by atoms with van der Waals surface area (Å²) in [7, 11) is -0.758. The first-order chi connectivity index (χ1) is 9.69. The van der Waals surface area contributed by atoms with Crippen LogP contribution in [0.5, 0.6) is 5.75 Å². The van der Waals surface area contributed by atoms with Gasteiger partial charge in [0.2, 0.25) is 0 Å². The molecule has 20 heavy (non-hydrogen) atoms. The summed E-state index contributed by atoms with van der Waals surface area (Å²) in [5, 5.41) is 0.373. The van der Waals surface area contributed by atoms with Gasteiger partial charge >= 0.3 is 0 Å². The Kier molecular flexibility index (Phi) is 6.05. The minimum absolute atomic E-state index is 0.373. The van der Waals surface area contributed by atoms with E-state index in [4.69, 9.17) is 10.5 Å². The van der Waals surface area contributed by atoms with Crippen molar-refractivity contribution in [1.29, 1.82) is 0 Å². The SMILES string of the molecule is CC1CCCC(S(=O)CCOc2cccc(CN)c2)C1. The van der Waals surface area contributed by atoms with Crippen molar-refractivity contribution in [3.05, 3.63) is 29.8 Å². The van der Waals surface area contributed by atoms with Crippen molar-refractivity contribution in [3.8, 4) is 5.75 Å². The van der Waals surface area contributed by atoms with Gasteiger partial charge in [0.05, 0.1) is 12.4 Å². The number of benzene rings is 1. The summed E-state index contributed by atoms with van der Waals surface area (Å²) in [6.45, 7) is 3.30. The Bertz CT molecular complexity index is 450. The second kappa shape index (κ2) is 7.79. The summed E-state index contributed by atoms with van der Waals surface area (Å²) in [5.41, 5.74) is 6.66. The maximum absolute atomic E-state index is 12.3. The van der Waals surface area contributed by atoms with Gasteiger partial charge in [0.15, 0.2) is 0 Å². The van der Waals surface area contributed by atoms with Gasteiger partial charge in [-0.1, -0.05) is 31.9 Å². The molecule has 4 heteroatoms. The van der Waals surface area contributed by atoms with E-state index < -0.39 is 10.8 Å². The van der Waals surface area contributed by atoms with Gasteiger partial charge < -0.3 is 10.5 Å². The van der Waals surface area contributed by atoms with Crippen LogP contribution in [0.25, 0.3) is 0 Å². The maximum atomic E-state index is 12.3. The molecular weight excluding hydrogens is 270 g/mol. The fourth-order valence-corrected chi connectivity index (χ4v) is 4.34. The number of ether oxygens (including phenoxy) is 1. The molecule has 1 fully saturated rings. The third kappa shape index (κ3) is 4.60. The summed E-state index contributed by atoms with van der Waals surface area (Å²) < 4.78 is 18.0. The zero-order valence-corrected chi connectivity index (χ0v) is 13.0. The monoisotopic (exact) mass is 295 g/mol. The quantitative estimate of drug-likeness (QED) is 0.878. The fraction of sp³-hybridized carbons (Fsp3) is 0.625. The highest BCUT2D eigenvalue weighted by atomic mass is 32.2. The average Bonchev–Trinajstić information content (AvgIpc) is 2.47. The normalized spacial score (nSPS) is 24.3. The van der Waals surface area contributed by atoms with Crippen LogP contribution in [-0.4, -0.2) is 21.8 Å². The van der Waals surface area contributed by atoms with Crippen molar-refractivity contribution in [2.75, 3.05) is 12.4 Å². The Balaban J connectivity index is 1.76. The Hall–Kier alpha value is -0.870. The Labute approximate surface area is 124 Å². The molecule has 1 aliphatic carbocycles. The highest BCUT2D eigenvalue weighted by Gasteiger charge is 2.23. The van der Waals surface area contributed by atoms with Crippen LogP contribution in [0.1, 0.15) is 38.2 Å². The van der Waals surface area contributed by atoms with Gasteiger partial charge in [0.25, 0.3) is 0 Å². The third-order valence-electron chi connectivity index (χ3n) is 3.95. The van der Waals surface area contributed by atoms with Crippen LogP contribution in [0.3, 0.4) is 0 Å². The summed E-state index contributed by atoms with van der Waals surface area (Å²) >= 11 is 0. The molecule has 0 saturated heterocycles. The second-order valence-electron chi connectivity index (χ2n) is 5.68. The average molecular weight is 295 g/mol. The van der Waals surface area contributed by atoms with Crippen LogP contribution in [0.15, 0.2) is 24.3 Å². The van der Waals surface area contributed by atoms with Gasteiger partial charge in [-0.05, 0) is 36.5 Å². The summed E-state index contributed by atoms with van der Waals surface area (Å²) in [5.74, 6) is 2.17. The van der Waals surface area contributed by atoms with Crippen molar-refractivity contribution in [1.82, 2.24) is 0 Å². The molecular formula is C16H25NO2S. The highest BCUT2D eigenvalue weighted by molar-refractivity contribution is 7.85. The van der Waals surface area contributed by atoms with Crippen molar-refractivity contribution >= 4 is 10.8 Å². The van der Waals surface area contributed by atoms with Crippen LogP contribution in [0, 0.1) is 5.92 Å². The van der Waals surface area contributed by atoms with Gasteiger partial charge in [-0.15, -0.1) is 0 Å². The lowest BCUT2D eigenvalue weighted by molar-refractivity contribution is 0.340. The van der Waals surface area contributed by atoms with Crippen LogP contribution < -0.4 is 10.5 Å². The Morgan fingerprint density at radius 1 is 1.40 bits per heavy atom. The van der Waals surface area contributed by atoms with Crippen molar-refractivity contribution < 1.29 is 8.95 Å². The van der Waals surface area contributed by atoms with Gasteiger partial charge in [0.1, 0.15) is 5.75 Å². The molecule has 0 radical (unpaired) electrons. The molecule has 0 spiro atoms. The molecule has 3 atom stereocenters. The summed E-state index contributed by atoms with van der Waals surface area (Å²) in [6.07, 6.45) is 4.72. The third-order valence-corrected chi connectivity index (χ3v) is 5.69. The van der Waals surface area contributed by atoms with E-state index in [1.54, 1.807) is 0 Å². The molecule has 1 aromatic carbocycles. The van der Waals surface area contributed by atoms with E-state index in [-0.39, 0.29) is 0 Å². The molecule has 0 heterocycles. The zero-order valence-electron chi connectivity index (χ0n) is 12.2. The fourth-order valence-electron chi connectivity index (χ4n) is 2.79. The van der Waals surface area contributed by atoms with E-state index >= 15 is 0 Å². The van der Waals surface area contributed by atoms with E-state index in [1.807, 2.05) is 24.3 Å². The lowest BCUT2D eigenvalue weighted by atomic mass is 9.91. The lowest BCUT2D eigenvalue weighted by Gasteiger charge is -2.26. The summed E-state index contributed by atoms with van der Waals surface area (Å²) in [4.78, 5) is 0. The molecule has 0 bridgehead atoms. The Morgan fingerprint density at radius 3 is 3.00 bits per heavy atom. The van der Waals surface area contributed by atoms with Gasteiger partial charge in [-0.25, -0.2) is 0 Å². The van der Waals surface area contributed by atoms with Gasteiger partial charge in [-0.3, -0.25) is 4.21 Å². The predicted octanol–water partition coefficient (Wildman–Crippen LogP) is 2.85. The van der Waals surface area contributed by atoms with Crippen molar-refractivity contribution in [2.45, 2.75) is 44.4 Å². The largest absolute Gasteiger partial charge is 0.493 e. The predicted molar refractivity (Wildman–Crippen MR) is 84.3 cm³/mol. The molecule has 3 unspecified atom stereocenters. The van der Waals surface area contributed by atoms with Gasteiger partial charge in [-0.2, -0.15) is 0 Å². The van der Waals surface area contributed by atoms with Crippen LogP contribution in [0.4, 0.5) is 0 Å². The zero-order chi connectivity index (χ0) is 14.4. The van der Waals surface area contributed by atoms with E-state index in [2.05, 4.69) is 6.92 Å². The first kappa shape index (κ1) is 15.5. The van der Waals surface area contributed by atoms with Crippen LogP contribution in [0.2, 0.25) is 0 Å². The van der Waals surface area contributed by atoms with Crippen LogP contribution >= 0.6 is 0 Å². The first-order valence-corrected chi connectivity index (χ1v) is 8.86. The minimum atomic E-state index is -0.758. The molecule has 0 aliphatic heterocycles. The van der Waals surface area contributed by atoms with Gasteiger partial charge in [0, 0.05) is 22.6 Å². The minimum Gasteiger partial charge on any atom is -0.493 e. The smallest absolute Gasteiger partial charge is 0.119 e. The maximum Gasteiger partial charge on any atom is 0.119 e. The van der Waals surface area contributed by atoms with E-state index in [0.717, 1.165) is 30.1 Å². The summed E-state index contributed by atoms with van der Waals surface area (Å²) in [6, 6.07) is 7.79. The molecule has 1 saturated carbocycles. The molecule has 1 aliphatic rings. The first-order valence-electron chi connectivity index (χ1n) is 7.48. The molecule has 2 rings (SSSR count). The molecule has 3 nitrogen and oxygen atoms in total. The number of hydrogen-bond donors (Lipinski definition) is 1. The molecule has 0 amide bonds. The molecule has 1 aromatic rings. The van der Waals surface area contributed by atoms with Crippen molar-refractivity contribution in [2.24, 2.45) is 11.7 Å². The molecule has 2 N–H and O–H groups in total. The standard InChI is InChI=1S/C16H25NO2S/c1-13-4-2-7-16(10-13)20(18)9-8-19-15-6-3-5-14(11-15)12-17/h3,5-6,11,13,16H,2,4,7-10,12,17H2,1H3. The molecule has 112 valence electrons. The number of hydrogen-bond acceptors (Lipinski definition) is 3. The highest BCUT2D eigenvalue weighted by Crippen LogP contribution is 2.27. The van der Waals surface area contributed by atoms with Crippen molar-refractivity contribution in [3.63, 3.8) is 0 Å². The number of rotatable bonds is 6. The van der Waals surface area contributed by atoms with E-state index in [9.17, 15) is 4.21 Å². The molecule has 0 aromatic heterocycles. The second-order valence-corrected chi connectivity index (χ2v) is 7.52.